The lowest BCUT2D eigenvalue weighted by Gasteiger charge is -2.34. The van der Waals surface area contributed by atoms with Crippen molar-refractivity contribution in [1.29, 1.82) is 0 Å². The second kappa shape index (κ2) is 10.7. The van der Waals surface area contributed by atoms with E-state index >= 15 is 0 Å². The van der Waals surface area contributed by atoms with Crippen molar-refractivity contribution in [3.8, 4) is 0 Å². The van der Waals surface area contributed by atoms with Crippen molar-refractivity contribution in [1.82, 2.24) is 9.62 Å². The van der Waals surface area contributed by atoms with Gasteiger partial charge in [0.1, 0.15) is 11.4 Å². The predicted molar refractivity (Wildman–Crippen MR) is 146 cm³/mol. The SMILES string of the molecule is Cc1cc(N2C(=O)CC[C@@H]2CO)ccc1C=CS(=O)(=O)N1CCC2(CC1)N=C(c1cccc(C(F)(F)F)c1)NC2=O. The van der Waals surface area contributed by atoms with E-state index in [9.17, 15) is 36.3 Å². The number of aliphatic hydroxyl groups excluding tert-OH is 1. The lowest BCUT2D eigenvalue weighted by atomic mass is 9.89. The molecule has 0 unspecified atom stereocenters. The maximum atomic E-state index is 13.1. The van der Waals surface area contributed by atoms with Crippen LogP contribution in [-0.2, 0) is 25.8 Å². The van der Waals surface area contributed by atoms with Crippen molar-refractivity contribution < 1.29 is 36.3 Å². The van der Waals surface area contributed by atoms with Gasteiger partial charge in [-0.25, -0.2) is 8.42 Å². The quantitative estimate of drug-likeness (QED) is 0.536. The van der Waals surface area contributed by atoms with Crippen LogP contribution in [0.15, 0.2) is 52.9 Å². The van der Waals surface area contributed by atoms with Crippen molar-refractivity contribution in [3.05, 3.63) is 70.1 Å². The second-order valence-electron chi connectivity index (χ2n) is 10.5. The maximum absolute atomic E-state index is 13.1. The highest BCUT2D eigenvalue weighted by atomic mass is 32.2. The van der Waals surface area contributed by atoms with Crippen LogP contribution in [0.5, 0.6) is 0 Å². The number of amidine groups is 1. The number of carbonyl (C=O) groups is 2. The van der Waals surface area contributed by atoms with E-state index in [-0.39, 0.29) is 55.9 Å². The van der Waals surface area contributed by atoms with Gasteiger partial charge in [0.2, 0.25) is 15.9 Å². The molecule has 0 saturated carbocycles. The fourth-order valence-corrected chi connectivity index (χ4v) is 6.64. The van der Waals surface area contributed by atoms with E-state index < -0.39 is 33.2 Å². The number of aryl methyl sites for hydroxylation is 1. The summed E-state index contributed by atoms with van der Waals surface area (Å²) in [6.45, 7) is 1.68. The lowest BCUT2D eigenvalue weighted by molar-refractivity contribution is -0.137. The van der Waals surface area contributed by atoms with Gasteiger partial charge in [-0.1, -0.05) is 18.2 Å². The molecule has 2 aromatic carbocycles. The summed E-state index contributed by atoms with van der Waals surface area (Å²) in [6, 6.07) is 9.46. The van der Waals surface area contributed by atoms with Crippen molar-refractivity contribution in [2.24, 2.45) is 4.99 Å². The summed E-state index contributed by atoms with van der Waals surface area (Å²) in [5.41, 5.74) is 0.0658. The summed E-state index contributed by atoms with van der Waals surface area (Å²) in [6.07, 6.45) is -1.97. The molecule has 0 aromatic heterocycles. The monoisotopic (exact) mass is 590 g/mol. The number of aliphatic hydroxyl groups is 1. The average Bonchev–Trinajstić information content (AvgIpc) is 3.46. The summed E-state index contributed by atoms with van der Waals surface area (Å²) in [5.74, 6) is -0.496. The van der Waals surface area contributed by atoms with Crippen molar-refractivity contribution in [2.45, 2.75) is 50.4 Å². The van der Waals surface area contributed by atoms with E-state index in [0.717, 1.165) is 23.1 Å². The van der Waals surface area contributed by atoms with Gasteiger partial charge in [0.05, 0.1) is 18.2 Å². The van der Waals surface area contributed by atoms with E-state index in [1.165, 1.54) is 22.5 Å². The molecule has 5 rings (SSSR count). The number of aliphatic imine (C=N–C) groups is 1. The lowest BCUT2D eigenvalue weighted by Crippen LogP contribution is -2.50. The molecular formula is C28H29F3N4O5S. The first-order valence-electron chi connectivity index (χ1n) is 13.1. The zero-order valence-corrected chi connectivity index (χ0v) is 23.0. The number of piperidine rings is 1. The largest absolute Gasteiger partial charge is 0.416 e. The third-order valence-electron chi connectivity index (χ3n) is 7.84. The second-order valence-corrected chi connectivity index (χ2v) is 12.3. The first kappa shape index (κ1) is 29.0. The number of alkyl halides is 3. The summed E-state index contributed by atoms with van der Waals surface area (Å²) in [5, 5.41) is 13.2. The smallest absolute Gasteiger partial charge is 0.394 e. The zero-order chi connectivity index (χ0) is 29.6. The highest BCUT2D eigenvalue weighted by Gasteiger charge is 2.47. The molecule has 0 radical (unpaired) electrons. The molecule has 2 aromatic rings. The molecule has 1 atom stereocenters. The minimum atomic E-state index is -4.54. The van der Waals surface area contributed by atoms with E-state index in [1.54, 1.807) is 30.0 Å². The normalized spacial score (nSPS) is 21.6. The van der Waals surface area contributed by atoms with Crippen LogP contribution in [0.2, 0.25) is 0 Å². The topological polar surface area (TPSA) is 119 Å². The first-order chi connectivity index (χ1) is 19.3. The van der Waals surface area contributed by atoms with Crippen LogP contribution in [0.3, 0.4) is 0 Å². The maximum Gasteiger partial charge on any atom is 0.416 e. The number of nitrogens with one attached hydrogen (secondary N) is 1. The fraction of sp³-hybridized carbons (Fsp3) is 0.393. The summed E-state index contributed by atoms with van der Waals surface area (Å²) >= 11 is 0. The number of amides is 2. The summed E-state index contributed by atoms with van der Waals surface area (Å²) < 4.78 is 66.8. The fourth-order valence-electron chi connectivity index (χ4n) is 5.46. The number of anilines is 1. The van der Waals surface area contributed by atoms with Gasteiger partial charge in [-0.3, -0.25) is 14.6 Å². The Morgan fingerprint density at radius 2 is 1.88 bits per heavy atom. The van der Waals surface area contributed by atoms with Gasteiger partial charge < -0.3 is 15.3 Å². The molecule has 2 saturated heterocycles. The number of benzene rings is 2. The van der Waals surface area contributed by atoms with E-state index in [4.69, 9.17) is 0 Å². The van der Waals surface area contributed by atoms with E-state index in [0.29, 0.717) is 24.1 Å². The molecule has 9 nitrogen and oxygen atoms in total. The molecule has 13 heteroatoms. The highest BCUT2D eigenvalue weighted by molar-refractivity contribution is 7.92. The molecule has 3 aliphatic rings. The van der Waals surface area contributed by atoms with Crippen molar-refractivity contribution >= 4 is 39.4 Å². The number of nitrogens with zero attached hydrogens (tertiary/aromatic N) is 3. The molecule has 3 heterocycles. The Labute approximate surface area is 235 Å². The Hall–Kier alpha value is -3.55. The Morgan fingerprint density at radius 3 is 2.54 bits per heavy atom. The van der Waals surface area contributed by atoms with Crippen LogP contribution in [0.4, 0.5) is 18.9 Å². The molecule has 218 valence electrons. The average molecular weight is 591 g/mol. The van der Waals surface area contributed by atoms with Crippen molar-refractivity contribution in [3.63, 3.8) is 0 Å². The predicted octanol–water partition coefficient (Wildman–Crippen LogP) is 3.21. The third kappa shape index (κ3) is 5.66. The van der Waals surface area contributed by atoms with Crippen LogP contribution in [0.1, 0.15) is 47.9 Å². The molecule has 0 aliphatic carbocycles. The van der Waals surface area contributed by atoms with Gasteiger partial charge in [-0.05, 0) is 67.7 Å². The van der Waals surface area contributed by atoms with Gasteiger partial charge in [0.25, 0.3) is 5.91 Å². The Kier molecular flexibility index (Phi) is 7.55. The Morgan fingerprint density at radius 1 is 1.15 bits per heavy atom. The van der Waals surface area contributed by atoms with Gasteiger partial charge in [-0.2, -0.15) is 17.5 Å². The summed E-state index contributed by atoms with van der Waals surface area (Å²) in [7, 11) is -3.85. The van der Waals surface area contributed by atoms with Crippen LogP contribution in [-0.4, -0.2) is 66.8 Å². The molecule has 3 aliphatic heterocycles. The van der Waals surface area contributed by atoms with E-state index in [1.807, 2.05) is 0 Å². The van der Waals surface area contributed by atoms with E-state index in [2.05, 4.69) is 10.3 Å². The number of halogens is 3. The van der Waals surface area contributed by atoms with Gasteiger partial charge in [0, 0.05) is 36.2 Å². The number of hydrogen-bond acceptors (Lipinski definition) is 6. The standard InChI is InChI=1S/C28H29F3N4O5S/c1-18-15-22(35-23(17-36)7-8-24(35)37)6-5-19(18)9-14-41(39,40)34-12-10-27(11-13-34)26(38)32-25(33-27)20-3-2-4-21(16-20)28(29,30)31/h2-6,9,14-16,23,36H,7-8,10-13,17H2,1H3,(H,32,33,38)/t23-/m1/s1. The van der Waals surface area contributed by atoms with Gasteiger partial charge in [-0.15, -0.1) is 0 Å². The third-order valence-corrected chi connectivity index (χ3v) is 9.41. The van der Waals surface area contributed by atoms with Crippen LogP contribution < -0.4 is 10.2 Å². The molecular weight excluding hydrogens is 561 g/mol. The molecule has 41 heavy (non-hydrogen) atoms. The molecule has 2 fully saturated rings. The van der Waals surface area contributed by atoms with Gasteiger partial charge >= 0.3 is 6.18 Å². The number of hydrogen-bond donors (Lipinski definition) is 2. The minimum absolute atomic E-state index is 0.0109. The van der Waals surface area contributed by atoms with Crippen LogP contribution in [0.25, 0.3) is 6.08 Å². The van der Waals surface area contributed by atoms with Gasteiger partial charge in [0.15, 0.2) is 0 Å². The first-order valence-corrected chi connectivity index (χ1v) is 14.6. The summed E-state index contributed by atoms with van der Waals surface area (Å²) in [4.78, 5) is 31.1. The van der Waals surface area contributed by atoms with Crippen LogP contribution in [0, 0.1) is 6.92 Å². The zero-order valence-electron chi connectivity index (χ0n) is 22.2. The highest BCUT2D eigenvalue weighted by Crippen LogP contribution is 2.34. The Balaban J connectivity index is 1.27. The molecule has 2 amide bonds. The molecule has 0 bridgehead atoms. The molecule has 1 spiro atoms. The number of rotatable bonds is 6. The minimum Gasteiger partial charge on any atom is -0.394 e. The Bertz CT molecular complexity index is 1550. The van der Waals surface area contributed by atoms with Crippen LogP contribution >= 0.6 is 0 Å². The number of sulfonamides is 1. The number of carbonyl (C=O) groups excluding carboxylic acids is 2. The molecule has 2 N–H and O–H groups in total. The van der Waals surface area contributed by atoms with Crippen molar-refractivity contribution in [2.75, 3.05) is 24.6 Å².